The van der Waals surface area contributed by atoms with Crippen molar-refractivity contribution in [2.24, 2.45) is 5.73 Å². The maximum Gasteiger partial charge on any atom is 0.105 e. The summed E-state index contributed by atoms with van der Waals surface area (Å²) < 4.78 is 12.4. The topological polar surface area (TPSA) is 75.2 Å². The van der Waals surface area contributed by atoms with Gasteiger partial charge < -0.3 is 15.2 Å². The van der Waals surface area contributed by atoms with Gasteiger partial charge in [0, 0.05) is 13.7 Å². The SMILES string of the molecule is CO[C@H]1COC[C@@H]1n1cc(CN)nn1. The van der Waals surface area contributed by atoms with Crippen LogP contribution in [-0.4, -0.2) is 41.4 Å². The molecule has 1 aliphatic rings. The molecule has 0 unspecified atom stereocenters. The fourth-order valence-electron chi connectivity index (χ4n) is 1.56. The van der Waals surface area contributed by atoms with Gasteiger partial charge in [0.05, 0.1) is 25.1 Å². The Bertz CT molecular complexity index is 301. The molecule has 2 rings (SSSR count). The van der Waals surface area contributed by atoms with Gasteiger partial charge in [-0.3, -0.25) is 0 Å². The van der Waals surface area contributed by atoms with Gasteiger partial charge in [0.15, 0.2) is 0 Å². The van der Waals surface area contributed by atoms with E-state index in [4.69, 9.17) is 15.2 Å². The molecule has 6 heteroatoms. The zero-order valence-electron chi connectivity index (χ0n) is 8.09. The van der Waals surface area contributed by atoms with Gasteiger partial charge in [-0.2, -0.15) is 0 Å². The maximum absolute atomic E-state index is 5.45. The summed E-state index contributed by atoms with van der Waals surface area (Å²) in [6.07, 6.45) is 1.90. The van der Waals surface area contributed by atoms with Crippen LogP contribution in [-0.2, 0) is 16.0 Å². The van der Waals surface area contributed by atoms with Gasteiger partial charge in [0.25, 0.3) is 0 Å². The largest absolute Gasteiger partial charge is 0.377 e. The monoisotopic (exact) mass is 198 g/mol. The minimum absolute atomic E-state index is 0.0577. The average molecular weight is 198 g/mol. The first-order valence-corrected chi connectivity index (χ1v) is 4.56. The normalized spacial score (nSPS) is 27.0. The predicted octanol–water partition coefficient (Wildman–Crippen LogP) is -0.677. The van der Waals surface area contributed by atoms with Crippen molar-refractivity contribution in [1.82, 2.24) is 15.0 Å². The molecule has 14 heavy (non-hydrogen) atoms. The molecule has 0 spiro atoms. The minimum Gasteiger partial charge on any atom is -0.377 e. The Labute approximate surface area is 82.0 Å². The van der Waals surface area contributed by atoms with Crippen LogP contribution in [0.15, 0.2) is 6.20 Å². The van der Waals surface area contributed by atoms with Crippen LogP contribution in [0.1, 0.15) is 11.7 Å². The lowest BCUT2D eigenvalue weighted by molar-refractivity contribution is 0.0661. The van der Waals surface area contributed by atoms with Crippen molar-refractivity contribution < 1.29 is 9.47 Å². The van der Waals surface area contributed by atoms with Gasteiger partial charge in [0.1, 0.15) is 12.1 Å². The third kappa shape index (κ3) is 1.63. The number of ether oxygens (including phenoxy) is 2. The van der Waals surface area contributed by atoms with E-state index in [-0.39, 0.29) is 12.1 Å². The lowest BCUT2D eigenvalue weighted by Gasteiger charge is -2.15. The average Bonchev–Trinajstić information content (AvgIpc) is 2.85. The number of methoxy groups -OCH3 is 1. The summed E-state index contributed by atoms with van der Waals surface area (Å²) in [4.78, 5) is 0. The molecule has 1 saturated heterocycles. The molecule has 6 nitrogen and oxygen atoms in total. The molecule has 0 amide bonds. The summed E-state index contributed by atoms with van der Waals surface area (Å²) >= 11 is 0. The Balaban J connectivity index is 2.13. The first-order valence-electron chi connectivity index (χ1n) is 4.56. The predicted molar refractivity (Wildman–Crippen MR) is 48.6 cm³/mol. The van der Waals surface area contributed by atoms with Gasteiger partial charge in [-0.1, -0.05) is 5.21 Å². The lowest BCUT2D eigenvalue weighted by atomic mass is 10.2. The fourth-order valence-corrected chi connectivity index (χ4v) is 1.56. The van der Waals surface area contributed by atoms with E-state index in [1.807, 2.05) is 6.20 Å². The molecule has 1 aromatic rings. The van der Waals surface area contributed by atoms with Gasteiger partial charge in [0.2, 0.25) is 0 Å². The van der Waals surface area contributed by atoms with Gasteiger partial charge >= 0.3 is 0 Å². The molecule has 0 aliphatic carbocycles. The van der Waals surface area contributed by atoms with Gasteiger partial charge in [-0.15, -0.1) is 5.10 Å². The molecule has 1 aliphatic heterocycles. The zero-order chi connectivity index (χ0) is 9.97. The summed E-state index contributed by atoms with van der Waals surface area (Å²) in [7, 11) is 1.67. The number of hydrogen-bond donors (Lipinski definition) is 1. The van der Waals surface area contributed by atoms with Crippen LogP contribution in [0, 0.1) is 0 Å². The highest BCUT2D eigenvalue weighted by Crippen LogP contribution is 2.20. The molecule has 0 bridgehead atoms. The third-order valence-electron chi connectivity index (χ3n) is 2.41. The Morgan fingerprint density at radius 1 is 1.71 bits per heavy atom. The Hall–Kier alpha value is -0.980. The van der Waals surface area contributed by atoms with Crippen molar-refractivity contribution >= 4 is 0 Å². The van der Waals surface area contributed by atoms with Crippen molar-refractivity contribution in [2.75, 3.05) is 20.3 Å². The van der Waals surface area contributed by atoms with Crippen molar-refractivity contribution in [3.8, 4) is 0 Å². The van der Waals surface area contributed by atoms with Crippen molar-refractivity contribution in [3.05, 3.63) is 11.9 Å². The minimum atomic E-state index is 0.0577. The van der Waals surface area contributed by atoms with Gasteiger partial charge in [-0.05, 0) is 0 Å². The molecule has 2 heterocycles. The molecule has 0 aromatic carbocycles. The Morgan fingerprint density at radius 3 is 3.21 bits per heavy atom. The summed E-state index contributed by atoms with van der Waals surface area (Å²) in [5.74, 6) is 0. The highest BCUT2D eigenvalue weighted by atomic mass is 16.5. The number of hydrogen-bond acceptors (Lipinski definition) is 5. The quantitative estimate of drug-likeness (QED) is 0.696. The number of rotatable bonds is 3. The van der Waals surface area contributed by atoms with Crippen LogP contribution >= 0.6 is 0 Å². The van der Waals surface area contributed by atoms with Crippen LogP contribution in [0.2, 0.25) is 0 Å². The number of nitrogens with two attached hydrogens (primary N) is 1. The molecular weight excluding hydrogens is 184 g/mol. The van der Waals surface area contributed by atoms with Crippen LogP contribution < -0.4 is 5.73 Å². The number of nitrogens with zero attached hydrogens (tertiary/aromatic N) is 3. The second-order valence-electron chi connectivity index (χ2n) is 3.27. The van der Waals surface area contributed by atoms with Crippen molar-refractivity contribution in [1.29, 1.82) is 0 Å². The first kappa shape index (κ1) is 9.57. The van der Waals surface area contributed by atoms with Crippen LogP contribution in [0.25, 0.3) is 0 Å². The Morgan fingerprint density at radius 2 is 2.57 bits per heavy atom. The van der Waals surface area contributed by atoms with Crippen LogP contribution in [0.5, 0.6) is 0 Å². The molecule has 78 valence electrons. The molecule has 1 aromatic heterocycles. The maximum atomic E-state index is 5.45. The highest BCUT2D eigenvalue weighted by molar-refractivity contribution is 4.94. The van der Waals surface area contributed by atoms with Crippen LogP contribution in [0.4, 0.5) is 0 Å². The van der Waals surface area contributed by atoms with E-state index in [0.717, 1.165) is 5.69 Å². The second-order valence-corrected chi connectivity index (χ2v) is 3.27. The summed E-state index contributed by atoms with van der Waals surface area (Å²) in [6.45, 7) is 1.64. The number of aromatic nitrogens is 3. The van der Waals surface area contributed by atoms with E-state index >= 15 is 0 Å². The molecule has 0 radical (unpaired) electrons. The standard InChI is InChI=1S/C8H14N4O2/c1-13-8-5-14-4-7(8)12-3-6(2-9)10-11-12/h3,7-8H,2,4-5,9H2,1H3/t7-,8-/m0/s1. The second kappa shape index (κ2) is 4.04. The van der Waals surface area contributed by atoms with Crippen molar-refractivity contribution in [3.63, 3.8) is 0 Å². The smallest absolute Gasteiger partial charge is 0.105 e. The van der Waals surface area contributed by atoms with E-state index in [0.29, 0.717) is 19.8 Å². The molecule has 2 N–H and O–H groups in total. The lowest BCUT2D eigenvalue weighted by Crippen LogP contribution is -2.24. The van der Waals surface area contributed by atoms with E-state index in [1.165, 1.54) is 0 Å². The molecular formula is C8H14N4O2. The first-order chi connectivity index (χ1) is 6.85. The molecule has 0 saturated carbocycles. The summed E-state index contributed by atoms with van der Waals surface area (Å²) in [5.41, 5.74) is 6.23. The molecule has 2 atom stereocenters. The van der Waals surface area contributed by atoms with E-state index in [2.05, 4.69) is 10.3 Å². The van der Waals surface area contributed by atoms with E-state index in [9.17, 15) is 0 Å². The summed E-state index contributed by atoms with van der Waals surface area (Å²) in [5, 5.41) is 7.92. The van der Waals surface area contributed by atoms with E-state index in [1.54, 1.807) is 11.8 Å². The van der Waals surface area contributed by atoms with E-state index < -0.39 is 0 Å². The van der Waals surface area contributed by atoms with Crippen molar-refractivity contribution in [2.45, 2.75) is 18.7 Å². The third-order valence-corrected chi connectivity index (χ3v) is 2.41. The highest BCUT2D eigenvalue weighted by Gasteiger charge is 2.30. The van der Waals surface area contributed by atoms with Gasteiger partial charge in [-0.25, -0.2) is 4.68 Å². The zero-order valence-corrected chi connectivity index (χ0v) is 8.09. The Kier molecular flexibility index (Phi) is 2.76. The van der Waals surface area contributed by atoms with Crippen LogP contribution in [0.3, 0.4) is 0 Å². The summed E-state index contributed by atoms with van der Waals surface area (Å²) in [6, 6.07) is 0.118. The molecule has 1 fully saturated rings. The fraction of sp³-hybridized carbons (Fsp3) is 0.750.